The molecule has 0 aromatic heterocycles. The summed E-state index contributed by atoms with van der Waals surface area (Å²) in [6, 6.07) is 5.51. The van der Waals surface area contributed by atoms with E-state index in [1.54, 1.807) is 6.07 Å². The summed E-state index contributed by atoms with van der Waals surface area (Å²) in [6.45, 7) is 6.83. The van der Waals surface area contributed by atoms with Crippen molar-refractivity contribution in [2.24, 2.45) is 17.8 Å². The Morgan fingerprint density at radius 2 is 2.05 bits per heavy atom. The van der Waals surface area contributed by atoms with Crippen molar-refractivity contribution in [1.29, 1.82) is 0 Å². The fourth-order valence-electron chi connectivity index (χ4n) is 3.19. The van der Waals surface area contributed by atoms with Crippen LogP contribution in [0.15, 0.2) is 22.7 Å². The van der Waals surface area contributed by atoms with Gasteiger partial charge >= 0.3 is 0 Å². The highest BCUT2D eigenvalue weighted by Gasteiger charge is 2.31. The summed E-state index contributed by atoms with van der Waals surface area (Å²) in [5.74, 6) is 1.81. The number of para-hydroxylation sites is 1. The number of hydrogen-bond donors (Lipinski definition) is 1. The molecule has 1 aliphatic rings. The van der Waals surface area contributed by atoms with E-state index in [4.69, 9.17) is 0 Å². The Kier molecular flexibility index (Phi) is 4.88. The summed E-state index contributed by atoms with van der Waals surface area (Å²) >= 11 is 3.44. The van der Waals surface area contributed by atoms with Crippen LogP contribution in [0.1, 0.15) is 40.0 Å². The highest BCUT2D eigenvalue weighted by molar-refractivity contribution is 9.10. The molecule has 1 aromatic carbocycles. The van der Waals surface area contributed by atoms with E-state index in [-0.39, 0.29) is 5.82 Å². The second kappa shape index (κ2) is 6.25. The first-order valence-electron chi connectivity index (χ1n) is 7.19. The zero-order chi connectivity index (χ0) is 14.0. The maximum Gasteiger partial charge on any atom is 0.147 e. The third kappa shape index (κ3) is 3.50. The first-order chi connectivity index (χ1) is 8.99. The molecule has 0 spiro atoms. The molecule has 1 fully saturated rings. The molecule has 3 atom stereocenters. The minimum Gasteiger partial charge on any atom is -0.379 e. The van der Waals surface area contributed by atoms with Gasteiger partial charge in [0, 0.05) is 10.5 Å². The highest BCUT2D eigenvalue weighted by Crippen LogP contribution is 2.37. The van der Waals surface area contributed by atoms with E-state index in [0.717, 1.165) is 16.8 Å². The standard InChI is InChI=1S/C16H23BrFN/c1-10(2)12-8-7-11(3)9-15(12)19-16-13(17)5-4-6-14(16)18/h4-6,10-12,15,19H,7-9H2,1-3H3. The number of nitrogens with one attached hydrogen (secondary N) is 1. The van der Waals surface area contributed by atoms with Crippen LogP contribution >= 0.6 is 15.9 Å². The second-order valence-corrected chi connectivity index (χ2v) is 7.03. The maximum atomic E-state index is 13.9. The van der Waals surface area contributed by atoms with Gasteiger partial charge in [-0.05, 0) is 58.7 Å². The van der Waals surface area contributed by atoms with E-state index in [9.17, 15) is 4.39 Å². The number of halogens is 2. The van der Waals surface area contributed by atoms with Gasteiger partial charge in [-0.1, -0.05) is 33.3 Å². The molecule has 0 radical (unpaired) electrons. The topological polar surface area (TPSA) is 12.0 Å². The third-order valence-electron chi connectivity index (χ3n) is 4.31. The molecule has 0 heterocycles. The van der Waals surface area contributed by atoms with Crippen molar-refractivity contribution in [2.45, 2.75) is 46.1 Å². The first-order valence-corrected chi connectivity index (χ1v) is 7.99. The molecule has 1 nitrogen and oxygen atoms in total. The van der Waals surface area contributed by atoms with E-state index in [1.807, 2.05) is 6.07 Å². The summed E-state index contributed by atoms with van der Waals surface area (Å²) in [6.07, 6.45) is 3.66. The fraction of sp³-hybridized carbons (Fsp3) is 0.625. The van der Waals surface area contributed by atoms with Gasteiger partial charge in [-0.15, -0.1) is 0 Å². The van der Waals surface area contributed by atoms with E-state index in [2.05, 4.69) is 42.0 Å². The molecular weight excluding hydrogens is 305 g/mol. The van der Waals surface area contributed by atoms with E-state index >= 15 is 0 Å². The number of anilines is 1. The molecule has 0 aliphatic heterocycles. The maximum absolute atomic E-state index is 13.9. The van der Waals surface area contributed by atoms with Crippen LogP contribution < -0.4 is 5.32 Å². The normalized spacial score (nSPS) is 27.6. The molecule has 0 saturated heterocycles. The number of rotatable bonds is 3. The van der Waals surface area contributed by atoms with Crippen LogP contribution in [-0.4, -0.2) is 6.04 Å². The van der Waals surface area contributed by atoms with Crippen LogP contribution in [0.25, 0.3) is 0 Å². The average molecular weight is 328 g/mol. The molecule has 0 amide bonds. The van der Waals surface area contributed by atoms with E-state index in [0.29, 0.717) is 23.6 Å². The van der Waals surface area contributed by atoms with Gasteiger partial charge in [0.1, 0.15) is 5.82 Å². The van der Waals surface area contributed by atoms with Crippen molar-refractivity contribution >= 4 is 21.6 Å². The molecule has 1 aromatic rings. The Labute approximate surface area is 124 Å². The van der Waals surface area contributed by atoms with Crippen LogP contribution in [0.2, 0.25) is 0 Å². The highest BCUT2D eigenvalue weighted by atomic mass is 79.9. The monoisotopic (exact) mass is 327 g/mol. The largest absolute Gasteiger partial charge is 0.379 e. The summed E-state index contributed by atoms with van der Waals surface area (Å²) < 4.78 is 14.8. The summed E-state index contributed by atoms with van der Waals surface area (Å²) in [7, 11) is 0. The Balaban J connectivity index is 2.19. The summed E-state index contributed by atoms with van der Waals surface area (Å²) in [5, 5.41) is 3.46. The van der Waals surface area contributed by atoms with Gasteiger partial charge < -0.3 is 5.32 Å². The lowest BCUT2D eigenvalue weighted by atomic mass is 9.74. The predicted molar refractivity (Wildman–Crippen MR) is 82.9 cm³/mol. The lowest BCUT2D eigenvalue weighted by Gasteiger charge is -2.38. The van der Waals surface area contributed by atoms with Crippen LogP contribution in [0.5, 0.6) is 0 Å². The third-order valence-corrected chi connectivity index (χ3v) is 4.98. The molecule has 3 heteroatoms. The molecule has 0 bridgehead atoms. The van der Waals surface area contributed by atoms with Gasteiger partial charge in [0.2, 0.25) is 0 Å². The number of benzene rings is 1. The number of hydrogen-bond acceptors (Lipinski definition) is 1. The molecule has 3 unspecified atom stereocenters. The lowest BCUT2D eigenvalue weighted by Crippen LogP contribution is -2.38. The quantitative estimate of drug-likeness (QED) is 0.777. The fourth-order valence-corrected chi connectivity index (χ4v) is 3.65. The smallest absolute Gasteiger partial charge is 0.147 e. The van der Waals surface area contributed by atoms with Crippen molar-refractivity contribution in [2.75, 3.05) is 5.32 Å². The Hall–Kier alpha value is -0.570. The van der Waals surface area contributed by atoms with Crippen molar-refractivity contribution in [3.63, 3.8) is 0 Å². The average Bonchev–Trinajstić information content (AvgIpc) is 2.33. The zero-order valence-corrected chi connectivity index (χ0v) is 13.5. The SMILES string of the molecule is CC1CCC(C(C)C)C(Nc2c(F)cccc2Br)C1. The van der Waals surface area contributed by atoms with Crippen LogP contribution in [0, 0.1) is 23.6 Å². The van der Waals surface area contributed by atoms with Gasteiger partial charge in [0.25, 0.3) is 0 Å². The van der Waals surface area contributed by atoms with Crippen LogP contribution in [0.3, 0.4) is 0 Å². The van der Waals surface area contributed by atoms with Gasteiger partial charge in [-0.25, -0.2) is 4.39 Å². The zero-order valence-electron chi connectivity index (χ0n) is 11.9. The van der Waals surface area contributed by atoms with Gasteiger partial charge in [-0.2, -0.15) is 0 Å². The molecular formula is C16H23BrFN. The Bertz CT molecular complexity index is 413. The van der Waals surface area contributed by atoms with Crippen LogP contribution in [0.4, 0.5) is 10.1 Å². The molecule has 2 rings (SSSR count). The minimum absolute atomic E-state index is 0.171. The lowest BCUT2D eigenvalue weighted by molar-refractivity contribution is 0.211. The Morgan fingerprint density at radius 3 is 2.68 bits per heavy atom. The van der Waals surface area contributed by atoms with Gasteiger partial charge in [0.15, 0.2) is 0 Å². The Morgan fingerprint density at radius 1 is 1.32 bits per heavy atom. The van der Waals surface area contributed by atoms with E-state index in [1.165, 1.54) is 18.9 Å². The molecule has 1 saturated carbocycles. The van der Waals surface area contributed by atoms with Crippen LogP contribution in [-0.2, 0) is 0 Å². The molecule has 106 valence electrons. The molecule has 1 N–H and O–H groups in total. The summed E-state index contributed by atoms with van der Waals surface area (Å²) in [5.41, 5.74) is 0.618. The van der Waals surface area contributed by atoms with Crippen molar-refractivity contribution < 1.29 is 4.39 Å². The van der Waals surface area contributed by atoms with Gasteiger partial charge in [-0.3, -0.25) is 0 Å². The molecule has 1 aliphatic carbocycles. The predicted octanol–water partition coefficient (Wildman–Crippen LogP) is 5.46. The van der Waals surface area contributed by atoms with Crippen molar-refractivity contribution in [3.8, 4) is 0 Å². The minimum atomic E-state index is -0.171. The van der Waals surface area contributed by atoms with Gasteiger partial charge in [0.05, 0.1) is 5.69 Å². The van der Waals surface area contributed by atoms with E-state index < -0.39 is 0 Å². The summed E-state index contributed by atoms with van der Waals surface area (Å²) in [4.78, 5) is 0. The second-order valence-electron chi connectivity index (χ2n) is 6.17. The van der Waals surface area contributed by atoms with Crippen molar-refractivity contribution in [1.82, 2.24) is 0 Å². The van der Waals surface area contributed by atoms with Crippen molar-refractivity contribution in [3.05, 3.63) is 28.5 Å². The molecule has 19 heavy (non-hydrogen) atoms. The first kappa shape index (κ1) is 14.8.